The summed E-state index contributed by atoms with van der Waals surface area (Å²) in [4.78, 5) is 24.1. The molecule has 1 atom stereocenters. The first kappa shape index (κ1) is 25.1. The third kappa shape index (κ3) is 5.94. The Bertz CT molecular complexity index is 1090. The third-order valence-corrected chi connectivity index (χ3v) is 6.96. The molecule has 0 aliphatic rings. The molecule has 0 saturated carbocycles. The molecular weight excluding hydrogens is 470 g/mol. The van der Waals surface area contributed by atoms with Gasteiger partial charge in [-0.2, -0.15) is 4.31 Å². The molecule has 0 fully saturated rings. The number of amides is 1. The van der Waals surface area contributed by atoms with Gasteiger partial charge in [0.25, 0.3) is 5.91 Å². The lowest BCUT2D eigenvalue weighted by Crippen LogP contribution is -2.32. The Morgan fingerprint density at radius 2 is 1.77 bits per heavy atom. The molecule has 2 rings (SSSR count). The van der Waals surface area contributed by atoms with Gasteiger partial charge < -0.3 is 10.1 Å². The van der Waals surface area contributed by atoms with E-state index in [2.05, 4.69) is 5.32 Å². The first-order chi connectivity index (χ1) is 14.5. The van der Waals surface area contributed by atoms with Gasteiger partial charge in [-0.3, -0.25) is 4.79 Å². The number of carbonyl (C=O) groups excluding carboxylic acids is 2. The van der Waals surface area contributed by atoms with E-state index in [1.165, 1.54) is 19.1 Å². The molecule has 1 amide bonds. The molecule has 2 aromatic rings. The van der Waals surface area contributed by atoms with Gasteiger partial charge in [-0.25, -0.2) is 17.6 Å². The topological polar surface area (TPSA) is 92.8 Å². The minimum absolute atomic E-state index is 0.135. The minimum Gasteiger partial charge on any atom is -0.449 e. The van der Waals surface area contributed by atoms with Crippen LogP contribution in [0.2, 0.25) is 10.0 Å². The SMILES string of the molecule is CCN(CC)S(=O)(=O)c1cc(C(=O)OC(C)C(=O)Nc2cc(Cl)ccc2Cl)ccc1F. The predicted molar refractivity (Wildman–Crippen MR) is 116 cm³/mol. The number of carbonyl (C=O) groups is 2. The van der Waals surface area contributed by atoms with Crippen molar-refractivity contribution in [2.75, 3.05) is 18.4 Å². The molecule has 2 aromatic carbocycles. The standard InChI is InChI=1S/C20H21Cl2FN2O5S/c1-4-25(5-2)31(28,29)18-10-13(6-9-16(18)23)20(27)30-12(3)19(26)24-17-11-14(21)7-8-15(17)22/h6-12H,4-5H2,1-3H3,(H,24,26). The van der Waals surface area contributed by atoms with Crippen molar-refractivity contribution in [3.05, 3.63) is 57.8 Å². The zero-order valence-corrected chi connectivity index (χ0v) is 19.3. The second kappa shape index (κ2) is 10.4. The van der Waals surface area contributed by atoms with Gasteiger partial charge in [0.2, 0.25) is 10.0 Å². The van der Waals surface area contributed by atoms with Gasteiger partial charge in [0.15, 0.2) is 6.10 Å². The Kier molecular flexibility index (Phi) is 8.41. The zero-order chi connectivity index (χ0) is 23.3. The van der Waals surface area contributed by atoms with Gasteiger partial charge in [0, 0.05) is 18.1 Å². The number of rotatable bonds is 8. The van der Waals surface area contributed by atoms with Gasteiger partial charge in [0.05, 0.1) is 16.3 Å². The summed E-state index contributed by atoms with van der Waals surface area (Å²) >= 11 is 11.9. The molecule has 0 aromatic heterocycles. The molecule has 11 heteroatoms. The second-order valence-corrected chi connectivity index (χ2v) is 9.15. The van der Waals surface area contributed by atoms with Gasteiger partial charge >= 0.3 is 5.97 Å². The highest BCUT2D eigenvalue weighted by atomic mass is 35.5. The highest BCUT2D eigenvalue weighted by molar-refractivity contribution is 7.89. The van der Waals surface area contributed by atoms with Crippen LogP contribution in [0.15, 0.2) is 41.3 Å². The summed E-state index contributed by atoms with van der Waals surface area (Å²) in [6.07, 6.45) is -1.25. The van der Waals surface area contributed by atoms with Gasteiger partial charge in [-0.05, 0) is 43.3 Å². The van der Waals surface area contributed by atoms with Crippen molar-refractivity contribution >= 4 is 50.8 Å². The van der Waals surface area contributed by atoms with E-state index >= 15 is 0 Å². The van der Waals surface area contributed by atoms with Crippen LogP contribution in [0.1, 0.15) is 31.1 Å². The van der Waals surface area contributed by atoms with Crippen LogP contribution in [-0.4, -0.2) is 43.8 Å². The molecule has 7 nitrogen and oxygen atoms in total. The van der Waals surface area contributed by atoms with Crippen molar-refractivity contribution < 1.29 is 27.1 Å². The number of nitrogens with one attached hydrogen (secondary N) is 1. The van der Waals surface area contributed by atoms with Crippen LogP contribution < -0.4 is 5.32 Å². The van der Waals surface area contributed by atoms with Gasteiger partial charge in [0.1, 0.15) is 10.7 Å². The van der Waals surface area contributed by atoms with Crippen molar-refractivity contribution in [2.45, 2.75) is 31.8 Å². The van der Waals surface area contributed by atoms with E-state index in [0.29, 0.717) is 5.02 Å². The number of nitrogens with zero attached hydrogens (tertiary/aromatic N) is 1. The first-order valence-electron chi connectivity index (χ1n) is 9.27. The zero-order valence-electron chi connectivity index (χ0n) is 17.0. The Morgan fingerprint density at radius 3 is 2.39 bits per heavy atom. The fraction of sp³-hybridized carbons (Fsp3) is 0.300. The van der Waals surface area contributed by atoms with Crippen LogP contribution >= 0.6 is 23.2 Å². The van der Waals surface area contributed by atoms with Crippen LogP contribution in [0.5, 0.6) is 0 Å². The quantitative estimate of drug-likeness (QED) is 0.555. The van der Waals surface area contributed by atoms with E-state index in [1.807, 2.05) is 0 Å². The van der Waals surface area contributed by atoms with Crippen molar-refractivity contribution in [2.24, 2.45) is 0 Å². The van der Waals surface area contributed by atoms with Crippen LogP contribution in [0.25, 0.3) is 0 Å². The summed E-state index contributed by atoms with van der Waals surface area (Å²) in [5, 5.41) is 3.07. The molecule has 0 spiro atoms. The van der Waals surface area contributed by atoms with Gasteiger partial charge in [-0.15, -0.1) is 0 Å². The normalized spacial score (nSPS) is 12.5. The molecule has 1 unspecified atom stereocenters. The van der Waals surface area contributed by atoms with E-state index in [0.717, 1.165) is 22.5 Å². The largest absolute Gasteiger partial charge is 0.449 e. The summed E-state index contributed by atoms with van der Waals surface area (Å²) in [5.41, 5.74) is 0.0176. The molecule has 0 heterocycles. The molecule has 0 aliphatic heterocycles. The fourth-order valence-electron chi connectivity index (χ4n) is 2.64. The number of halogens is 3. The average Bonchev–Trinajstić information content (AvgIpc) is 2.71. The van der Waals surface area contributed by atoms with E-state index in [4.69, 9.17) is 27.9 Å². The van der Waals surface area contributed by atoms with Crippen LogP contribution in [0.4, 0.5) is 10.1 Å². The highest BCUT2D eigenvalue weighted by Crippen LogP contribution is 2.26. The molecule has 31 heavy (non-hydrogen) atoms. The van der Waals surface area contributed by atoms with E-state index < -0.39 is 38.7 Å². The lowest BCUT2D eigenvalue weighted by molar-refractivity contribution is -0.123. The summed E-state index contributed by atoms with van der Waals surface area (Å²) in [7, 11) is -4.14. The van der Waals surface area contributed by atoms with Crippen LogP contribution in [-0.2, 0) is 19.6 Å². The average molecular weight is 491 g/mol. The van der Waals surface area contributed by atoms with Crippen molar-refractivity contribution in [1.29, 1.82) is 0 Å². The smallest absolute Gasteiger partial charge is 0.338 e. The number of ether oxygens (including phenoxy) is 1. The van der Waals surface area contributed by atoms with Gasteiger partial charge in [-0.1, -0.05) is 37.0 Å². The molecular formula is C20H21Cl2FN2O5S. The maximum atomic E-state index is 14.2. The van der Waals surface area contributed by atoms with Crippen LogP contribution in [0, 0.1) is 5.82 Å². The van der Waals surface area contributed by atoms with E-state index in [1.54, 1.807) is 19.9 Å². The first-order valence-corrected chi connectivity index (χ1v) is 11.5. The molecule has 0 radical (unpaired) electrons. The predicted octanol–water partition coefficient (Wildman–Crippen LogP) is 4.35. The number of anilines is 1. The molecule has 0 bridgehead atoms. The highest BCUT2D eigenvalue weighted by Gasteiger charge is 2.27. The second-order valence-electron chi connectivity index (χ2n) is 6.40. The summed E-state index contributed by atoms with van der Waals surface area (Å²) < 4.78 is 45.6. The van der Waals surface area contributed by atoms with Crippen molar-refractivity contribution in [1.82, 2.24) is 4.31 Å². The maximum Gasteiger partial charge on any atom is 0.338 e. The lowest BCUT2D eigenvalue weighted by atomic mass is 10.2. The lowest BCUT2D eigenvalue weighted by Gasteiger charge is -2.19. The van der Waals surface area contributed by atoms with Crippen molar-refractivity contribution in [3.8, 4) is 0 Å². The summed E-state index contributed by atoms with van der Waals surface area (Å²) in [5.74, 6) is -2.67. The summed E-state index contributed by atoms with van der Waals surface area (Å²) in [6.45, 7) is 4.82. The van der Waals surface area contributed by atoms with Crippen LogP contribution in [0.3, 0.4) is 0 Å². The number of hydrogen-bond donors (Lipinski definition) is 1. The maximum absolute atomic E-state index is 14.2. The Labute approximate surface area is 190 Å². The molecule has 0 saturated heterocycles. The molecule has 168 valence electrons. The molecule has 0 aliphatic carbocycles. The summed E-state index contributed by atoms with van der Waals surface area (Å²) in [6, 6.07) is 7.30. The molecule has 1 N–H and O–H groups in total. The van der Waals surface area contributed by atoms with E-state index in [9.17, 15) is 22.4 Å². The van der Waals surface area contributed by atoms with E-state index in [-0.39, 0.29) is 29.4 Å². The number of esters is 1. The Hall–Kier alpha value is -2.20. The minimum atomic E-state index is -4.14. The number of hydrogen-bond acceptors (Lipinski definition) is 5. The Balaban J connectivity index is 2.20. The third-order valence-electron chi connectivity index (χ3n) is 4.33. The number of benzene rings is 2. The Morgan fingerprint density at radius 1 is 1.13 bits per heavy atom. The fourth-order valence-corrected chi connectivity index (χ4v) is 4.53. The van der Waals surface area contributed by atoms with Crippen molar-refractivity contribution in [3.63, 3.8) is 0 Å². The number of sulfonamides is 1. The monoisotopic (exact) mass is 490 g/mol.